The molecule has 2 saturated carbocycles. The van der Waals surface area contributed by atoms with Crippen LogP contribution in [0.3, 0.4) is 0 Å². The molecular weight excluding hydrogens is 874 g/mol. The van der Waals surface area contributed by atoms with Gasteiger partial charge < -0.3 is 20.3 Å². The first kappa shape index (κ1) is 45.6. The van der Waals surface area contributed by atoms with Crippen molar-refractivity contribution in [3.05, 3.63) is 106 Å². The normalized spacial score (nSPS) is 19.5. The third-order valence-corrected chi connectivity index (χ3v) is 15.9. The number of aromatic nitrogens is 7. The number of hydrogen-bond acceptors (Lipinski definition) is 10. The fraction of sp³-hybridized carbons (Fsp3) is 0.472. The van der Waals surface area contributed by atoms with Gasteiger partial charge in [0.1, 0.15) is 6.07 Å². The Kier molecular flexibility index (Phi) is 11.9. The Morgan fingerprint density at radius 1 is 0.971 bits per heavy atom. The summed E-state index contributed by atoms with van der Waals surface area (Å²) in [5.41, 5.74) is 14.8. The number of benzene rings is 2. The minimum absolute atomic E-state index is 0.0947. The van der Waals surface area contributed by atoms with E-state index in [4.69, 9.17) is 42.5 Å². The largest absolute Gasteiger partial charge is 0.381 e. The van der Waals surface area contributed by atoms with Crippen molar-refractivity contribution in [1.82, 2.24) is 39.4 Å². The van der Waals surface area contributed by atoms with Crippen LogP contribution >= 0.6 is 11.6 Å². The van der Waals surface area contributed by atoms with Crippen molar-refractivity contribution < 1.29 is 14.3 Å². The molecule has 0 bridgehead atoms. The minimum atomic E-state index is -0.516. The molecule has 2 aromatic carbocycles. The lowest BCUT2D eigenvalue weighted by atomic mass is 9.47. The number of primary amides is 1. The Balaban J connectivity index is 0.000000252. The molecule has 15 heteroatoms. The maximum Gasteiger partial charge on any atom is 0.251 e. The first-order chi connectivity index (χ1) is 32.6. The van der Waals surface area contributed by atoms with Gasteiger partial charge in [-0.3, -0.25) is 23.9 Å². The highest BCUT2D eigenvalue weighted by Crippen LogP contribution is 2.60. The van der Waals surface area contributed by atoms with Gasteiger partial charge in [0.05, 0.1) is 39.8 Å². The van der Waals surface area contributed by atoms with Crippen molar-refractivity contribution in [2.45, 2.75) is 98.7 Å². The van der Waals surface area contributed by atoms with Crippen LogP contribution in [0.15, 0.2) is 73.4 Å². The van der Waals surface area contributed by atoms with Crippen LogP contribution in [-0.2, 0) is 35.5 Å². The number of nitriles is 1. The van der Waals surface area contributed by atoms with E-state index in [2.05, 4.69) is 83.8 Å². The number of carbonyl (C=O) groups is 2. The summed E-state index contributed by atoms with van der Waals surface area (Å²) in [5.74, 6) is 1.48. The van der Waals surface area contributed by atoms with Gasteiger partial charge in [0.15, 0.2) is 0 Å². The molecule has 4 fully saturated rings. The van der Waals surface area contributed by atoms with Gasteiger partial charge in [-0.15, -0.1) is 0 Å². The van der Waals surface area contributed by atoms with Crippen LogP contribution < -0.4 is 10.6 Å². The lowest BCUT2D eigenvalue weighted by molar-refractivity contribution is -0.129. The zero-order valence-electron chi connectivity index (χ0n) is 39.7. The van der Waals surface area contributed by atoms with Crippen LogP contribution in [0.1, 0.15) is 106 Å². The van der Waals surface area contributed by atoms with Crippen molar-refractivity contribution in [1.29, 1.82) is 5.26 Å². The summed E-state index contributed by atoms with van der Waals surface area (Å²) in [5, 5.41) is 21.6. The molecule has 3 aliphatic heterocycles. The van der Waals surface area contributed by atoms with E-state index >= 15 is 0 Å². The highest BCUT2D eigenvalue weighted by atomic mass is 35.5. The smallest absolute Gasteiger partial charge is 0.251 e. The van der Waals surface area contributed by atoms with Crippen LogP contribution in [0.5, 0.6) is 0 Å². The second kappa shape index (κ2) is 17.7. The van der Waals surface area contributed by atoms with Crippen molar-refractivity contribution >= 4 is 40.1 Å². The number of fused-ring (bicyclic) bond motifs is 2. The summed E-state index contributed by atoms with van der Waals surface area (Å²) >= 11 is 6.09. The number of nitrogens with two attached hydrogens (primary N) is 1. The second-order valence-corrected chi connectivity index (χ2v) is 21.8. The van der Waals surface area contributed by atoms with Crippen molar-refractivity contribution in [2.24, 2.45) is 33.8 Å². The molecule has 0 radical (unpaired) electrons. The summed E-state index contributed by atoms with van der Waals surface area (Å²) in [7, 11) is 0. The van der Waals surface area contributed by atoms with Crippen LogP contribution in [0.2, 0.25) is 5.02 Å². The van der Waals surface area contributed by atoms with Crippen molar-refractivity contribution in [3.63, 3.8) is 0 Å². The van der Waals surface area contributed by atoms with Crippen LogP contribution in [-0.4, -0.2) is 84.1 Å². The molecule has 2 N–H and O–H groups in total. The molecule has 7 heterocycles. The molecule has 1 spiro atoms. The van der Waals surface area contributed by atoms with E-state index in [1.54, 1.807) is 6.92 Å². The maximum atomic E-state index is 12.4. The van der Waals surface area contributed by atoms with Crippen molar-refractivity contribution in [3.8, 4) is 28.6 Å². The highest BCUT2D eigenvalue weighted by Gasteiger charge is 2.53. The molecule has 0 atom stereocenters. The van der Waals surface area contributed by atoms with E-state index in [1.165, 1.54) is 30.1 Å². The fourth-order valence-electron chi connectivity index (χ4n) is 12.5. The Morgan fingerprint density at radius 2 is 1.72 bits per heavy atom. The van der Waals surface area contributed by atoms with Gasteiger partial charge in [-0.2, -0.15) is 15.5 Å². The first-order valence-electron chi connectivity index (χ1n) is 24.0. The molecule has 2 saturated heterocycles. The number of pyridine rings is 1. The molecule has 2 amide bonds. The average molecular weight is 935 g/mol. The lowest BCUT2D eigenvalue weighted by Crippen LogP contribution is -2.63. The minimum Gasteiger partial charge on any atom is -0.381 e. The zero-order valence-corrected chi connectivity index (χ0v) is 40.5. The molecule has 352 valence electrons. The van der Waals surface area contributed by atoms with E-state index in [-0.39, 0.29) is 5.91 Å². The van der Waals surface area contributed by atoms with E-state index in [9.17, 15) is 9.59 Å². The maximum absolute atomic E-state index is 12.4. The lowest BCUT2D eigenvalue weighted by Gasteiger charge is -2.59. The summed E-state index contributed by atoms with van der Waals surface area (Å²) in [4.78, 5) is 41.4. The number of amides is 2. The Morgan fingerprint density at radius 3 is 2.40 bits per heavy atom. The molecule has 14 nitrogen and oxygen atoms in total. The quantitative estimate of drug-likeness (QED) is 0.148. The highest BCUT2D eigenvalue weighted by molar-refractivity contribution is 6.31. The molecule has 6 aromatic rings. The molecule has 68 heavy (non-hydrogen) atoms. The average Bonchev–Trinajstić information content (AvgIpc) is 3.93. The van der Waals surface area contributed by atoms with Gasteiger partial charge in [0, 0.05) is 117 Å². The molecule has 0 unspecified atom stereocenters. The number of nitrogens with zero attached hydrogens (tertiary/aromatic N) is 10. The van der Waals surface area contributed by atoms with Crippen LogP contribution in [0, 0.1) is 39.4 Å². The standard InChI is InChI=1S/C37H40N10O3.C16H20ClN/c1-23(48)44-8-5-33-31(20-44)34(43-47(33)28-6-9-50-10-7-28)29-4-2-3-25-11-32(39-17-30(25)29)27-16-42-46(19-27)18-24-12-37(13-24)21-45(22-37)36-40-14-26(15-41-36)35(38)49;1-15(2)10-16(3,4)14(15)8-11-5-6-12(9-18)13(17)7-11/h2-4,11,14-17,19,24,28H,5-10,12-13,18,20-22H2,1H3,(H2,38,49);5-7,14H,8,10H2,1-4H3. The van der Waals surface area contributed by atoms with Gasteiger partial charge in [0.2, 0.25) is 11.9 Å². The number of rotatable bonds is 9. The topological polar surface area (TPSA) is 174 Å². The monoisotopic (exact) mass is 933 g/mol. The molecule has 2 aliphatic carbocycles. The summed E-state index contributed by atoms with van der Waals surface area (Å²) in [6.45, 7) is 16.5. The van der Waals surface area contributed by atoms with E-state index < -0.39 is 5.91 Å². The fourth-order valence-corrected chi connectivity index (χ4v) is 12.8. The summed E-state index contributed by atoms with van der Waals surface area (Å²) < 4.78 is 9.95. The Bertz CT molecular complexity index is 2920. The molecule has 5 aliphatic rings. The van der Waals surface area contributed by atoms with Crippen LogP contribution in [0.25, 0.3) is 33.3 Å². The molecule has 4 aromatic heterocycles. The Labute approximate surface area is 402 Å². The number of carbonyl (C=O) groups excluding carboxylic acids is 2. The molecule has 11 rings (SSSR count). The SMILES string of the molecule is CC(=O)N1CCc2c(c(-c3cccc4cc(-c5cnn(CC6CC7(C6)CN(c6ncc(C(N)=O)cn6)C7)c5)ncc34)nn2C2CCOCC2)C1.CC1(C)CC(C)(C)C1Cc1ccc(C#N)c(Cl)c1. The first-order valence-corrected chi connectivity index (χ1v) is 24.4. The Hall–Kier alpha value is -6.17. The van der Waals surface area contributed by atoms with E-state index in [0.717, 1.165) is 117 Å². The van der Waals surface area contributed by atoms with Gasteiger partial charge in [-0.1, -0.05) is 63.6 Å². The van der Waals surface area contributed by atoms with E-state index in [0.29, 0.717) is 62.8 Å². The number of ether oxygens (including phenoxy) is 1. The molecular formula is C53H60ClN11O3. The number of hydrogen-bond donors (Lipinski definition) is 1. The third-order valence-electron chi connectivity index (χ3n) is 15.6. The zero-order chi connectivity index (χ0) is 47.5. The third kappa shape index (κ3) is 8.75. The van der Waals surface area contributed by atoms with Crippen LogP contribution in [0.4, 0.5) is 5.95 Å². The van der Waals surface area contributed by atoms with Gasteiger partial charge in [0.25, 0.3) is 5.91 Å². The summed E-state index contributed by atoms with van der Waals surface area (Å²) in [6, 6.07) is 16.7. The van der Waals surface area contributed by atoms with Gasteiger partial charge >= 0.3 is 0 Å². The predicted molar refractivity (Wildman–Crippen MR) is 262 cm³/mol. The predicted octanol–water partition coefficient (Wildman–Crippen LogP) is 8.85. The van der Waals surface area contributed by atoms with Gasteiger partial charge in [-0.25, -0.2) is 9.97 Å². The van der Waals surface area contributed by atoms with Gasteiger partial charge in [-0.05, 0) is 90.3 Å². The number of halogens is 1. The second-order valence-electron chi connectivity index (χ2n) is 21.4. The van der Waals surface area contributed by atoms with Crippen molar-refractivity contribution in [2.75, 3.05) is 37.7 Å². The van der Waals surface area contributed by atoms with E-state index in [1.807, 2.05) is 40.2 Å². The number of anilines is 1. The summed E-state index contributed by atoms with van der Waals surface area (Å²) in [6.07, 6.45) is 16.3.